The molecule has 0 aliphatic heterocycles. The van der Waals surface area contributed by atoms with Gasteiger partial charge in [-0.2, -0.15) is 0 Å². The van der Waals surface area contributed by atoms with Crippen LogP contribution in [0.15, 0.2) is 24.3 Å². The molecule has 0 fully saturated rings. The average Bonchev–Trinajstić information content (AvgIpc) is 2.85. The van der Waals surface area contributed by atoms with E-state index in [4.69, 9.17) is 0 Å². The summed E-state index contributed by atoms with van der Waals surface area (Å²) in [6.45, 7) is 6.43. The Morgan fingerprint density at radius 1 is 1.32 bits per heavy atom. The van der Waals surface area contributed by atoms with Crippen molar-refractivity contribution in [2.75, 3.05) is 0 Å². The molecule has 1 aromatic carbocycles. The molecule has 102 valence electrons. The molecule has 0 aliphatic rings. The highest BCUT2D eigenvalue weighted by atomic mass is 32.1. The molecule has 1 unspecified atom stereocenters. The topological polar surface area (TPSA) is 46.0 Å². The maximum absolute atomic E-state index is 10.5. The number of benzene rings is 1. The fourth-order valence-corrected chi connectivity index (χ4v) is 2.94. The van der Waals surface area contributed by atoms with Gasteiger partial charge in [0.25, 0.3) is 0 Å². The van der Waals surface area contributed by atoms with Gasteiger partial charge in [-0.3, -0.25) is 0 Å². The minimum Gasteiger partial charge on any atom is -0.383 e. The highest BCUT2D eigenvalue weighted by Crippen LogP contribution is 2.28. The molecule has 0 aliphatic carbocycles. The Bertz CT molecular complexity index is 536. The second kappa shape index (κ2) is 6.26. The van der Waals surface area contributed by atoms with Crippen molar-refractivity contribution in [3.05, 3.63) is 46.0 Å². The minimum atomic E-state index is -0.609. The van der Waals surface area contributed by atoms with Crippen LogP contribution in [0.4, 0.5) is 0 Å². The van der Waals surface area contributed by atoms with Crippen LogP contribution in [0.2, 0.25) is 0 Å². The fourth-order valence-electron chi connectivity index (χ4n) is 2.18. The first kappa shape index (κ1) is 14.2. The predicted octanol–water partition coefficient (Wildman–Crippen LogP) is 3.38. The van der Waals surface area contributed by atoms with E-state index in [-0.39, 0.29) is 0 Å². The zero-order valence-electron chi connectivity index (χ0n) is 11.6. The van der Waals surface area contributed by atoms with Crippen LogP contribution in [-0.4, -0.2) is 14.7 Å². The lowest BCUT2D eigenvalue weighted by Gasteiger charge is -2.12. The van der Waals surface area contributed by atoms with Gasteiger partial charge in [0.1, 0.15) is 6.10 Å². The highest BCUT2D eigenvalue weighted by Gasteiger charge is 2.18. The van der Waals surface area contributed by atoms with E-state index in [9.17, 15) is 5.11 Å². The molecular weight excluding hydrogens is 256 g/mol. The van der Waals surface area contributed by atoms with E-state index in [1.54, 1.807) is 0 Å². The standard InChI is InChI=1S/C15H20N2OS/c1-4-13-15(19-17-16-13)14(18)12-7-5-6-11(9-12)8-10(2)3/h5-7,9-10,14,18H,4,8H2,1-3H3. The highest BCUT2D eigenvalue weighted by molar-refractivity contribution is 7.05. The Hall–Kier alpha value is -1.26. The van der Waals surface area contributed by atoms with Crippen LogP contribution in [0, 0.1) is 5.92 Å². The van der Waals surface area contributed by atoms with E-state index in [1.165, 1.54) is 17.1 Å². The zero-order chi connectivity index (χ0) is 13.8. The number of aliphatic hydroxyl groups excluding tert-OH is 1. The quantitative estimate of drug-likeness (QED) is 0.910. The molecule has 1 atom stereocenters. The van der Waals surface area contributed by atoms with Gasteiger partial charge in [-0.25, -0.2) is 0 Å². The van der Waals surface area contributed by atoms with E-state index in [0.717, 1.165) is 29.0 Å². The number of aliphatic hydroxyl groups is 1. The summed E-state index contributed by atoms with van der Waals surface area (Å²) in [6, 6.07) is 8.18. The first-order valence-electron chi connectivity index (χ1n) is 6.69. The molecule has 0 amide bonds. The molecular formula is C15H20N2OS. The molecule has 0 radical (unpaired) electrons. The minimum absolute atomic E-state index is 0.609. The van der Waals surface area contributed by atoms with Gasteiger partial charge in [0.2, 0.25) is 0 Å². The molecule has 4 heteroatoms. The van der Waals surface area contributed by atoms with Gasteiger partial charge in [-0.1, -0.05) is 49.5 Å². The zero-order valence-corrected chi connectivity index (χ0v) is 12.4. The second-order valence-corrected chi connectivity index (χ2v) is 5.97. The van der Waals surface area contributed by atoms with Gasteiger partial charge in [0.05, 0.1) is 10.6 Å². The summed E-state index contributed by atoms with van der Waals surface area (Å²) >= 11 is 1.29. The van der Waals surface area contributed by atoms with Crippen LogP contribution in [0.25, 0.3) is 0 Å². The lowest BCUT2D eigenvalue weighted by molar-refractivity contribution is 0.222. The summed E-state index contributed by atoms with van der Waals surface area (Å²) in [7, 11) is 0. The van der Waals surface area contributed by atoms with Crippen LogP contribution in [0.5, 0.6) is 0 Å². The van der Waals surface area contributed by atoms with Crippen molar-refractivity contribution in [1.29, 1.82) is 0 Å². The Morgan fingerprint density at radius 2 is 2.11 bits per heavy atom. The Balaban J connectivity index is 2.26. The molecule has 0 saturated carbocycles. The summed E-state index contributed by atoms with van der Waals surface area (Å²) in [6.07, 6.45) is 1.22. The average molecular weight is 276 g/mol. The first-order chi connectivity index (χ1) is 9.11. The van der Waals surface area contributed by atoms with Gasteiger partial charge in [0, 0.05) is 0 Å². The summed E-state index contributed by atoms with van der Waals surface area (Å²) in [4.78, 5) is 0.865. The maximum atomic E-state index is 10.5. The van der Waals surface area contributed by atoms with Gasteiger partial charge < -0.3 is 5.11 Å². The third-order valence-electron chi connectivity index (χ3n) is 3.08. The van der Waals surface area contributed by atoms with E-state index in [2.05, 4.69) is 35.6 Å². The molecule has 1 aromatic heterocycles. The fraction of sp³-hybridized carbons (Fsp3) is 0.467. The van der Waals surface area contributed by atoms with E-state index >= 15 is 0 Å². The second-order valence-electron chi connectivity index (χ2n) is 5.18. The van der Waals surface area contributed by atoms with E-state index < -0.39 is 6.10 Å². The number of aromatic nitrogens is 2. The summed E-state index contributed by atoms with van der Waals surface area (Å²) in [5.74, 6) is 0.615. The molecule has 2 aromatic rings. The number of hydrogen-bond acceptors (Lipinski definition) is 4. The molecule has 0 bridgehead atoms. The van der Waals surface area contributed by atoms with Crippen molar-refractivity contribution in [1.82, 2.24) is 9.59 Å². The lowest BCUT2D eigenvalue weighted by Crippen LogP contribution is -2.02. The summed E-state index contributed by atoms with van der Waals surface area (Å²) < 4.78 is 3.94. The van der Waals surface area contributed by atoms with Crippen LogP contribution in [0.1, 0.15) is 48.6 Å². The van der Waals surface area contributed by atoms with Gasteiger partial charge in [-0.15, -0.1) is 5.10 Å². The maximum Gasteiger partial charge on any atom is 0.117 e. The number of aryl methyl sites for hydroxylation is 1. The number of nitrogens with zero attached hydrogens (tertiary/aromatic N) is 2. The normalized spacial score (nSPS) is 12.9. The molecule has 1 N–H and O–H groups in total. The van der Waals surface area contributed by atoms with Crippen LogP contribution < -0.4 is 0 Å². The van der Waals surface area contributed by atoms with E-state index in [1.807, 2.05) is 19.1 Å². The van der Waals surface area contributed by atoms with Crippen molar-refractivity contribution in [2.24, 2.45) is 5.92 Å². The molecule has 1 heterocycles. The van der Waals surface area contributed by atoms with Gasteiger partial charge in [-0.05, 0) is 41.4 Å². The molecule has 3 nitrogen and oxygen atoms in total. The molecule has 0 saturated heterocycles. The Labute approximate surface area is 118 Å². The lowest BCUT2D eigenvalue weighted by atomic mass is 9.98. The van der Waals surface area contributed by atoms with Crippen molar-refractivity contribution in [2.45, 2.75) is 39.7 Å². The van der Waals surface area contributed by atoms with Crippen molar-refractivity contribution >= 4 is 11.5 Å². The molecule has 2 rings (SSSR count). The third kappa shape index (κ3) is 3.39. The van der Waals surface area contributed by atoms with E-state index in [0.29, 0.717) is 5.92 Å². The van der Waals surface area contributed by atoms with Crippen LogP contribution in [-0.2, 0) is 12.8 Å². The van der Waals surface area contributed by atoms with Crippen LogP contribution in [0.3, 0.4) is 0 Å². The van der Waals surface area contributed by atoms with Gasteiger partial charge >= 0.3 is 0 Å². The Kier molecular flexibility index (Phi) is 4.66. The molecule has 0 spiro atoms. The third-order valence-corrected chi connectivity index (χ3v) is 3.90. The Morgan fingerprint density at radius 3 is 2.79 bits per heavy atom. The van der Waals surface area contributed by atoms with Crippen LogP contribution >= 0.6 is 11.5 Å². The smallest absolute Gasteiger partial charge is 0.117 e. The monoisotopic (exact) mass is 276 g/mol. The van der Waals surface area contributed by atoms with Crippen molar-refractivity contribution < 1.29 is 5.11 Å². The van der Waals surface area contributed by atoms with Gasteiger partial charge in [0.15, 0.2) is 0 Å². The number of rotatable bonds is 5. The van der Waals surface area contributed by atoms with Crippen molar-refractivity contribution in [3.63, 3.8) is 0 Å². The number of hydrogen-bond donors (Lipinski definition) is 1. The predicted molar refractivity (Wildman–Crippen MR) is 78.3 cm³/mol. The molecule has 19 heavy (non-hydrogen) atoms. The SMILES string of the molecule is CCc1nnsc1C(O)c1cccc(CC(C)C)c1. The summed E-state index contributed by atoms with van der Waals surface area (Å²) in [5, 5.41) is 14.5. The van der Waals surface area contributed by atoms with Crippen molar-refractivity contribution in [3.8, 4) is 0 Å². The summed E-state index contributed by atoms with van der Waals surface area (Å²) in [5.41, 5.74) is 3.09. The first-order valence-corrected chi connectivity index (χ1v) is 7.47. The largest absolute Gasteiger partial charge is 0.383 e.